The van der Waals surface area contributed by atoms with Gasteiger partial charge in [-0.25, -0.2) is 0 Å². The number of nitrogens with one attached hydrogen (secondary N) is 1. The van der Waals surface area contributed by atoms with Gasteiger partial charge in [-0.05, 0) is 67.1 Å². The summed E-state index contributed by atoms with van der Waals surface area (Å²) in [6.45, 7) is 1.82. The van der Waals surface area contributed by atoms with Crippen molar-refractivity contribution in [3.05, 3.63) is 82.6 Å². The van der Waals surface area contributed by atoms with Crippen LogP contribution in [-0.4, -0.2) is 24.6 Å². The summed E-state index contributed by atoms with van der Waals surface area (Å²) in [5, 5.41) is 12.9. The maximum atomic E-state index is 12.6. The normalized spacial score (nSPS) is 11.1. The summed E-state index contributed by atoms with van der Waals surface area (Å²) in [5.74, 6) is -0.478. The van der Waals surface area contributed by atoms with Crippen LogP contribution in [0.5, 0.6) is 0 Å². The van der Waals surface area contributed by atoms with Gasteiger partial charge >= 0.3 is 0 Å². The molecular formula is C23H21ClN4O. The van der Waals surface area contributed by atoms with Crippen molar-refractivity contribution in [3.63, 3.8) is 0 Å². The molecule has 5 nitrogen and oxygen atoms in total. The van der Waals surface area contributed by atoms with Crippen LogP contribution in [-0.2, 0) is 4.79 Å². The predicted octanol–water partition coefficient (Wildman–Crippen LogP) is 5.05. The molecule has 0 aliphatic heterocycles. The summed E-state index contributed by atoms with van der Waals surface area (Å²) in [7, 11) is 3.97. The molecule has 0 aliphatic rings. The highest BCUT2D eigenvalue weighted by molar-refractivity contribution is 6.31. The van der Waals surface area contributed by atoms with Crippen LogP contribution >= 0.6 is 11.6 Å². The molecule has 0 radical (unpaired) electrons. The van der Waals surface area contributed by atoms with Gasteiger partial charge in [-0.15, -0.1) is 0 Å². The number of hydrogen-bond acceptors (Lipinski definition) is 3. The molecule has 146 valence electrons. The smallest absolute Gasteiger partial charge is 0.266 e. The second-order valence-corrected chi connectivity index (χ2v) is 7.16. The lowest BCUT2D eigenvalue weighted by Crippen LogP contribution is -2.14. The van der Waals surface area contributed by atoms with Crippen LogP contribution in [0.3, 0.4) is 0 Å². The average molecular weight is 405 g/mol. The van der Waals surface area contributed by atoms with Gasteiger partial charge in [-0.3, -0.25) is 4.79 Å². The zero-order valence-electron chi connectivity index (χ0n) is 16.5. The van der Waals surface area contributed by atoms with E-state index in [1.165, 1.54) is 0 Å². The summed E-state index contributed by atoms with van der Waals surface area (Å²) in [5.41, 5.74) is 4.11. The first-order valence-corrected chi connectivity index (χ1v) is 9.42. The lowest BCUT2D eigenvalue weighted by molar-refractivity contribution is -0.112. The summed E-state index contributed by atoms with van der Waals surface area (Å²) >= 11 is 6.11. The zero-order chi connectivity index (χ0) is 21.0. The van der Waals surface area contributed by atoms with Gasteiger partial charge in [0.2, 0.25) is 0 Å². The number of benzene rings is 2. The van der Waals surface area contributed by atoms with Gasteiger partial charge in [0, 0.05) is 48.1 Å². The minimum atomic E-state index is -0.478. The number of hydrogen-bond donors (Lipinski definition) is 1. The van der Waals surface area contributed by atoms with Crippen LogP contribution in [0.4, 0.5) is 11.4 Å². The molecule has 29 heavy (non-hydrogen) atoms. The molecule has 1 heterocycles. The Morgan fingerprint density at radius 1 is 1.14 bits per heavy atom. The van der Waals surface area contributed by atoms with Crippen molar-refractivity contribution in [2.75, 3.05) is 24.3 Å². The Morgan fingerprint density at radius 2 is 1.86 bits per heavy atom. The molecule has 1 N–H and O–H groups in total. The Morgan fingerprint density at radius 3 is 2.52 bits per heavy atom. The molecule has 0 unspecified atom stereocenters. The number of carbonyl (C=O) groups excluding carboxylic acids is 1. The second kappa shape index (κ2) is 8.68. The zero-order valence-corrected chi connectivity index (χ0v) is 17.2. The predicted molar refractivity (Wildman–Crippen MR) is 119 cm³/mol. The van der Waals surface area contributed by atoms with Crippen LogP contribution in [0.2, 0.25) is 5.02 Å². The Hall–Kier alpha value is -3.49. The molecular weight excluding hydrogens is 384 g/mol. The molecule has 0 saturated carbocycles. The van der Waals surface area contributed by atoms with E-state index in [1.807, 2.05) is 79.2 Å². The third-order valence-corrected chi connectivity index (χ3v) is 5.01. The maximum Gasteiger partial charge on any atom is 0.266 e. The van der Waals surface area contributed by atoms with Crippen molar-refractivity contribution in [1.29, 1.82) is 5.26 Å². The highest BCUT2D eigenvalue weighted by Gasteiger charge is 2.13. The van der Waals surface area contributed by atoms with E-state index in [0.717, 1.165) is 22.6 Å². The van der Waals surface area contributed by atoms with Gasteiger partial charge in [0.25, 0.3) is 5.91 Å². The molecule has 0 saturated heterocycles. The van der Waals surface area contributed by atoms with Crippen LogP contribution in [0.15, 0.2) is 66.4 Å². The van der Waals surface area contributed by atoms with Crippen molar-refractivity contribution in [1.82, 2.24) is 4.57 Å². The van der Waals surface area contributed by atoms with Crippen molar-refractivity contribution in [2.45, 2.75) is 6.92 Å². The number of anilines is 2. The second-order valence-electron chi connectivity index (χ2n) is 6.75. The van der Waals surface area contributed by atoms with Gasteiger partial charge in [-0.1, -0.05) is 17.7 Å². The van der Waals surface area contributed by atoms with Crippen molar-refractivity contribution < 1.29 is 4.79 Å². The van der Waals surface area contributed by atoms with E-state index in [4.69, 9.17) is 11.6 Å². The molecule has 0 fully saturated rings. The van der Waals surface area contributed by atoms with E-state index >= 15 is 0 Å². The molecule has 2 aromatic carbocycles. The minimum Gasteiger partial charge on any atom is -0.378 e. The summed E-state index contributed by atoms with van der Waals surface area (Å²) in [6, 6.07) is 19.0. The van der Waals surface area contributed by atoms with E-state index in [1.54, 1.807) is 24.3 Å². The van der Waals surface area contributed by atoms with E-state index in [9.17, 15) is 10.1 Å². The summed E-state index contributed by atoms with van der Waals surface area (Å²) in [6.07, 6.45) is 3.47. The molecule has 0 spiro atoms. The van der Waals surface area contributed by atoms with Crippen LogP contribution in [0.1, 0.15) is 11.3 Å². The van der Waals surface area contributed by atoms with E-state index in [-0.39, 0.29) is 5.57 Å². The summed E-state index contributed by atoms with van der Waals surface area (Å²) < 4.78 is 1.93. The number of carbonyl (C=O) groups is 1. The third kappa shape index (κ3) is 4.50. The van der Waals surface area contributed by atoms with E-state index in [0.29, 0.717) is 10.7 Å². The monoisotopic (exact) mass is 404 g/mol. The SMILES string of the molecule is Cc1c(Cl)cccc1NC(=O)/C(C#N)=C\c1cccn1-c1ccc(N(C)C)cc1. The fourth-order valence-electron chi connectivity index (χ4n) is 2.89. The Labute approximate surface area is 175 Å². The van der Waals surface area contributed by atoms with Crippen molar-refractivity contribution in [2.24, 2.45) is 0 Å². The van der Waals surface area contributed by atoms with Crippen LogP contribution < -0.4 is 10.2 Å². The topological polar surface area (TPSA) is 61.1 Å². The first-order chi connectivity index (χ1) is 13.9. The van der Waals surface area contributed by atoms with Gasteiger partial charge in [0.15, 0.2) is 0 Å². The fraction of sp³-hybridized carbons (Fsp3) is 0.130. The molecule has 0 atom stereocenters. The lowest BCUT2D eigenvalue weighted by Gasteiger charge is -2.14. The van der Waals surface area contributed by atoms with Gasteiger partial charge in [0.05, 0.1) is 0 Å². The number of aromatic nitrogens is 1. The third-order valence-electron chi connectivity index (χ3n) is 4.60. The summed E-state index contributed by atoms with van der Waals surface area (Å²) in [4.78, 5) is 14.7. The first kappa shape index (κ1) is 20.2. The minimum absolute atomic E-state index is 0.00855. The van der Waals surface area contributed by atoms with Crippen molar-refractivity contribution in [3.8, 4) is 11.8 Å². The van der Waals surface area contributed by atoms with E-state index < -0.39 is 5.91 Å². The molecule has 0 bridgehead atoms. The largest absolute Gasteiger partial charge is 0.378 e. The Balaban J connectivity index is 1.89. The number of amides is 1. The van der Waals surface area contributed by atoms with E-state index in [2.05, 4.69) is 5.32 Å². The van der Waals surface area contributed by atoms with Crippen molar-refractivity contribution >= 4 is 35.0 Å². The first-order valence-electron chi connectivity index (χ1n) is 9.04. The standard InChI is InChI=1S/C23H21ClN4O/c1-16-21(24)7-4-8-22(16)26-23(29)17(15-25)14-20-6-5-13-28(20)19-11-9-18(10-12-19)27(2)3/h4-14H,1-3H3,(H,26,29)/b17-14-. The Bertz CT molecular complexity index is 1100. The molecule has 1 aromatic heterocycles. The molecule has 3 aromatic rings. The highest BCUT2D eigenvalue weighted by atomic mass is 35.5. The lowest BCUT2D eigenvalue weighted by atomic mass is 10.1. The van der Waals surface area contributed by atoms with Gasteiger partial charge in [-0.2, -0.15) is 5.26 Å². The van der Waals surface area contributed by atoms with Gasteiger partial charge < -0.3 is 14.8 Å². The number of nitriles is 1. The maximum absolute atomic E-state index is 12.6. The number of halogens is 1. The number of nitrogens with zero attached hydrogens (tertiary/aromatic N) is 3. The highest BCUT2D eigenvalue weighted by Crippen LogP contribution is 2.24. The molecule has 3 rings (SSSR count). The number of rotatable bonds is 5. The van der Waals surface area contributed by atoms with Crippen LogP contribution in [0, 0.1) is 18.3 Å². The van der Waals surface area contributed by atoms with Crippen LogP contribution in [0.25, 0.3) is 11.8 Å². The fourth-order valence-corrected chi connectivity index (χ4v) is 3.06. The molecule has 0 aliphatic carbocycles. The Kier molecular flexibility index (Phi) is 6.06. The average Bonchev–Trinajstić information content (AvgIpc) is 3.17. The molecule has 1 amide bonds. The molecule has 6 heteroatoms. The van der Waals surface area contributed by atoms with Gasteiger partial charge in [0.1, 0.15) is 11.6 Å². The quantitative estimate of drug-likeness (QED) is 0.478.